The van der Waals surface area contributed by atoms with Gasteiger partial charge < -0.3 is 0 Å². The summed E-state index contributed by atoms with van der Waals surface area (Å²) in [6, 6.07) is 10.7. The lowest BCUT2D eigenvalue weighted by atomic mass is 9.88. The van der Waals surface area contributed by atoms with E-state index >= 15 is 0 Å². The fraction of sp³-hybridized carbons (Fsp3) is 0.654. The lowest BCUT2D eigenvalue weighted by Crippen LogP contribution is -2.11. The van der Waals surface area contributed by atoms with Crippen molar-refractivity contribution in [3.63, 3.8) is 0 Å². The number of carbonyl (C=O) groups excluding carboxylic acids is 1. The van der Waals surface area contributed by atoms with Crippen molar-refractivity contribution in [3.8, 4) is 0 Å². The average Bonchev–Trinajstić information content (AvgIpc) is 2.68. The molecule has 1 aromatic rings. The average molecular weight is 403 g/mol. The molecule has 0 amide bonds. The predicted octanol–water partition coefficient (Wildman–Crippen LogP) is 8.31. The van der Waals surface area contributed by atoms with E-state index in [1.807, 2.05) is 0 Å². The second kappa shape index (κ2) is 16.9. The molecule has 0 aliphatic rings. The lowest BCUT2D eigenvalue weighted by Gasteiger charge is -2.20. The van der Waals surface area contributed by atoms with Crippen molar-refractivity contribution in [1.29, 1.82) is 0 Å². The first-order chi connectivity index (χ1) is 13.6. The summed E-state index contributed by atoms with van der Waals surface area (Å²) in [6.07, 6.45) is 20.7. The van der Waals surface area contributed by atoms with Crippen LogP contribution in [0.2, 0.25) is 0 Å². The molecule has 2 unspecified atom stereocenters. The highest BCUT2D eigenvalue weighted by atomic mass is 32.1. The Bertz CT molecular complexity index is 522. The van der Waals surface area contributed by atoms with E-state index < -0.39 is 0 Å². The summed E-state index contributed by atoms with van der Waals surface area (Å²) in [5.74, 6) is 0.748. The topological polar surface area (TPSA) is 17.1 Å². The predicted molar refractivity (Wildman–Crippen MR) is 127 cm³/mol. The minimum Gasteiger partial charge on any atom is -0.300 e. The van der Waals surface area contributed by atoms with Crippen LogP contribution in [-0.4, -0.2) is 11.0 Å². The Hall–Kier alpha value is -1.02. The molecular formula is C26H42OS. The standard InChI is InChI=1S/C26H42OS/c1-3-4-5-6-7-8-9-10-11-12-13-15-20-25(22-26(28)21-23(2)27)24-18-16-14-17-19-24/h10-11,14,16-19,25-26,28H,3-9,12-13,15,20-22H2,1-2H3. The molecule has 0 radical (unpaired) electrons. The minimum absolute atomic E-state index is 0.167. The number of rotatable bonds is 17. The summed E-state index contributed by atoms with van der Waals surface area (Å²) in [5.41, 5.74) is 1.39. The van der Waals surface area contributed by atoms with Gasteiger partial charge in [-0.15, -0.1) is 0 Å². The first kappa shape index (κ1) is 25.0. The molecular weight excluding hydrogens is 360 g/mol. The highest BCUT2D eigenvalue weighted by Crippen LogP contribution is 2.30. The number of unbranched alkanes of at least 4 members (excludes halogenated alkanes) is 8. The van der Waals surface area contributed by atoms with Gasteiger partial charge in [0.25, 0.3) is 0 Å². The maximum Gasteiger partial charge on any atom is 0.130 e. The molecule has 1 rings (SSSR count). The largest absolute Gasteiger partial charge is 0.300 e. The summed E-state index contributed by atoms with van der Waals surface area (Å²) >= 11 is 4.66. The number of thiol groups is 1. The molecule has 1 aromatic carbocycles. The summed E-state index contributed by atoms with van der Waals surface area (Å²) in [5, 5.41) is 0.167. The van der Waals surface area contributed by atoms with Crippen molar-refractivity contribution in [1.82, 2.24) is 0 Å². The fourth-order valence-corrected chi connectivity index (χ4v) is 4.33. The van der Waals surface area contributed by atoms with Crippen LogP contribution >= 0.6 is 12.6 Å². The van der Waals surface area contributed by atoms with Crippen LogP contribution in [-0.2, 0) is 4.79 Å². The first-order valence-corrected chi connectivity index (χ1v) is 12.0. The molecule has 1 nitrogen and oxygen atoms in total. The van der Waals surface area contributed by atoms with E-state index in [0.29, 0.717) is 12.3 Å². The minimum atomic E-state index is 0.167. The molecule has 0 saturated heterocycles. The summed E-state index contributed by atoms with van der Waals surface area (Å²) in [7, 11) is 0. The van der Waals surface area contributed by atoms with E-state index in [1.54, 1.807) is 6.92 Å². The Kier molecular flexibility index (Phi) is 15.1. The normalized spacial score (nSPS) is 13.7. The van der Waals surface area contributed by atoms with Crippen LogP contribution in [0.3, 0.4) is 0 Å². The van der Waals surface area contributed by atoms with Gasteiger partial charge >= 0.3 is 0 Å². The van der Waals surface area contributed by atoms with Crippen molar-refractivity contribution in [2.45, 2.75) is 108 Å². The number of ketones is 1. The van der Waals surface area contributed by atoms with Gasteiger partial charge in [-0.05, 0) is 56.9 Å². The van der Waals surface area contributed by atoms with Gasteiger partial charge in [-0.3, -0.25) is 4.79 Å². The third kappa shape index (κ3) is 13.2. The van der Waals surface area contributed by atoms with Gasteiger partial charge in [0, 0.05) is 11.7 Å². The van der Waals surface area contributed by atoms with Crippen LogP contribution in [0.25, 0.3) is 0 Å². The fourth-order valence-electron chi connectivity index (χ4n) is 3.82. The number of allylic oxidation sites excluding steroid dienone is 2. The van der Waals surface area contributed by atoms with Crippen molar-refractivity contribution in [2.24, 2.45) is 0 Å². The van der Waals surface area contributed by atoms with Gasteiger partial charge in [0.05, 0.1) is 0 Å². The van der Waals surface area contributed by atoms with Crippen molar-refractivity contribution in [2.75, 3.05) is 0 Å². The first-order valence-electron chi connectivity index (χ1n) is 11.5. The monoisotopic (exact) mass is 402 g/mol. The highest BCUT2D eigenvalue weighted by Gasteiger charge is 2.16. The van der Waals surface area contributed by atoms with E-state index in [4.69, 9.17) is 0 Å². The van der Waals surface area contributed by atoms with E-state index in [1.165, 1.54) is 76.2 Å². The third-order valence-electron chi connectivity index (χ3n) is 5.42. The molecule has 0 spiro atoms. The quantitative estimate of drug-likeness (QED) is 0.157. The number of hydrogen-bond donors (Lipinski definition) is 1. The zero-order chi connectivity index (χ0) is 20.5. The van der Waals surface area contributed by atoms with Gasteiger partial charge in [-0.25, -0.2) is 0 Å². The zero-order valence-electron chi connectivity index (χ0n) is 18.2. The van der Waals surface area contributed by atoms with Crippen LogP contribution in [0, 0.1) is 0 Å². The van der Waals surface area contributed by atoms with E-state index in [2.05, 4.69) is 62.0 Å². The molecule has 0 saturated carbocycles. The maximum absolute atomic E-state index is 11.4. The number of hydrogen-bond acceptors (Lipinski definition) is 2. The molecule has 0 bridgehead atoms. The Morgan fingerprint density at radius 2 is 1.54 bits per heavy atom. The molecule has 28 heavy (non-hydrogen) atoms. The SMILES string of the molecule is CCCCCCCCC=CCCCCC(CC(S)CC(C)=O)c1ccccc1. The number of carbonyl (C=O) groups is 1. The van der Waals surface area contributed by atoms with Crippen LogP contribution in [0.4, 0.5) is 0 Å². The van der Waals surface area contributed by atoms with Gasteiger partial charge in [-0.1, -0.05) is 87.9 Å². The molecule has 0 aliphatic heterocycles. The Labute approximate surface area is 179 Å². The molecule has 2 atom stereocenters. The number of Topliss-reactive ketones (excluding diaryl/α,β-unsaturated/α-hetero) is 1. The smallest absolute Gasteiger partial charge is 0.130 e. The van der Waals surface area contributed by atoms with Crippen LogP contribution in [0.1, 0.15) is 109 Å². The van der Waals surface area contributed by atoms with E-state index in [0.717, 1.165) is 6.42 Å². The summed E-state index contributed by atoms with van der Waals surface area (Å²) < 4.78 is 0. The molecule has 0 fully saturated rings. The lowest BCUT2D eigenvalue weighted by molar-refractivity contribution is -0.117. The van der Waals surface area contributed by atoms with Crippen LogP contribution in [0.5, 0.6) is 0 Å². The maximum atomic E-state index is 11.4. The molecule has 0 aromatic heterocycles. The highest BCUT2D eigenvalue weighted by molar-refractivity contribution is 7.81. The third-order valence-corrected chi connectivity index (χ3v) is 5.81. The van der Waals surface area contributed by atoms with Crippen molar-refractivity contribution in [3.05, 3.63) is 48.0 Å². The Morgan fingerprint density at radius 3 is 2.18 bits per heavy atom. The molecule has 158 valence electrons. The van der Waals surface area contributed by atoms with Crippen LogP contribution in [0.15, 0.2) is 42.5 Å². The summed E-state index contributed by atoms with van der Waals surface area (Å²) in [4.78, 5) is 11.4. The van der Waals surface area contributed by atoms with Crippen molar-refractivity contribution < 1.29 is 4.79 Å². The molecule has 2 heteroatoms. The van der Waals surface area contributed by atoms with E-state index in [-0.39, 0.29) is 11.0 Å². The number of benzene rings is 1. The van der Waals surface area contributed by atoms with Crippen LogP contribution < -0.4 is 0 Å². The molecule has 0 N–H and O–H groups in total. The van der Waals surface area contributed by atoms with Gasteiger partial charge in [-0.2, -0.15) is 12.6 Å². The Morgan fingerprint density at radius 1 is 0.929 bits per heavy atom. The van der Waals surface area contributed by atoms with Gasteiger partial charge in [0.15, 0.2) is 0 Å². The zero-order valence-corrected chi connectivity index (χ0v) is 19.1. The second-order valence-corrected chi connectivity index (χ2v) is 8.95. The van der Waals surface area contributed by atoms with Gasteiger partial charge in [0.2, 0.25) is 0 Å². The second-order valence-electron chi connectivity index (χ2n) is 8.22. The van der Waals surface area contributed by atoms with Gasteiger partial charge in [0.1, 0.15) is 5.78 Å². The Balaban J connectivity index is 2.24. The molecule has 0 aliphatic carbocycles. The molecule has 0 heterocycles. The van der Waals surface area contributed by atoms with E-state index in [9.17, 15) is 4.79 Å². The van der Waals surface area contributed by atoms with Crippen molar-refractivity contribution >= 4 is 18.4 Å². The summed E-state index contributed by atoms with van der Waals surface area (Å²) in [6.45, 7) is 3.94.